The Hall–Kier alpha value is -2.66. The van der Waals surface area contributed by atoms with Gasteiger partial charge in [-0.1, -0.05) is 23.7 Å². The standard InChI is InChI=1S/C16H11F2N3O2S/c1-2-5-24-16-20-14-13(15(23)21-16)10(7-12(22)19-14)9-4-3-8(17)6-11(9)18/h1,3-4,6,10H,5,7H2,(H2,19,20,21,22,23)/t10-/m0/s1. The van der Waals surface area contributed by atoms with Crippen molar-refractivity contribution in [3.8, 4) is 12.3 Å². The van der Waals surface area contributed by atoms with E-state index in [1.165, 1.54) is 6.07 Å². The molecular formula is C16H11F2N3O2S. The highest BCUT2D eigenvalue weighted by molar-refractivity contribution is 7.99. The van der Waals surface area contributed by atoms with Crippen molar-refractivity contribution in [3.05, 3.63) is 51.3 Å². The van der Waals surface area contributed by atoms with Crippen LogP contribution in [0.15, 0.2) is 28.2 Å². The van der Waals surface area contributed by atoms with Gasteiger partial charge in [-0.05, 0) is 11.6 Å². The molecule has 1 aromatic carbocycles. The third-order valence-electron chi connectivity index (χ3n) is 3.56. The van der Waals surface area contributed by atoms with Crippen molar-refractivity contribution >= 4 is 23.5 Å². The number of amides is 1. The fourth-order valence-electron chi connectivity index (χ4n) is 2.58. The van der Waals surface area contributed by atoms with E-state index >= 15 is 0 Å². The van der Waals surface area contributed by atoms with Crippen LogP contribution in [0, 0.1) is 24.0 Å². The Morgan fingerprint density at radius 2 is 2.17 bits per heavy atom. The first-order valence-electron chi connectivity index (χ1n) is 6.95. The second-order valence-electron chi connectivity index (χ2n) is 5.10. The molecule has 2 heterocycles. The van der Waals surface area contributed by atoms with Crippen molar-refractivity contribution in [3.63, 3.8) is 0 Å². The molecule has 1 atom stereocenters. The smallest absolute Gasteiger partial charge is 0.257 e. The lowest BCUT2D eigenvalue weighted by Crippen LogP contribution is -2.31. The summed E-state index contributed by atoms with van der Waals surface area (Å²) in [6, 6.07) is 3.04. The van der Waals surface area contributed by atoms with E-state index < -0.39 is 29.0 Å². The zero-order chi connectivity index (χ0) is 17.3. The highest BCUT2D eigenvalue weighted by Crippen LogP contribution is 2.35. The second kappa shape index (κ2) is 6.45. The third kappa shape index (κ3) is 3.03. The summed E-state index contributed by atoms with van der Waals surface area (Å²) in [6.07, 6.45) is 5.04. The monoisotopic (exact) mass is 347 g/mol. The van der Waals surface area contributed by atoms with Gasteiger partial charge in [0.05, 0.1) is 11.3 Å². The Morgan fingerprint density at radius 1 is 1.38 bits per heavy atom. The molecule has 0 unspecified atom stereocenters. The largest absolute Gasteiger partial charge is 0.310 e. The summed E-state index contributed by atoms with van der Waals surface area (Å²) >= 11 is 1.13. The van der Waals surface area contributed by atoms with Crippen molar-refractivity contribution in [2.24, 2.45) is 0 Å². The summed E-state index contributed by atoms with van der Waals surface area (Å²) in [6.45, 7) is 0. The van der Waals surface area contributed by atoms with Crippen LogP contribution >= 0.6 is 11.8 Å². The number of nitrogens with zero attached hydrogens (tertiary/aromatic N) is 1. The van der Waals surface area contributed by atoms with E-state index in [1.54, 1.807) is 0 Å². The number of aromatic nitrogens is 2. The molecule has 2 N–H and O–H groups in total. The van der Waals surface area contributed by atoms with E-state index in [0.717, 1.165) is 23.9 Å². The van der Waals surface area contributed by atoms with Crippen LogP contribution < -0.4 is 10.9 Å². The zero-order valence-corrected chi connectivity index (χ0v) is 13.0. The Kier molecular flexibility index (Phi) is 4.36. The van der Waals surface area contributed by atoms with Crippen LogP contribution in [-0.2, 0) is 4.79 Å². The van der Waals surface area contributed by atoms with Crippen molar-refractivity contribution < 1.29 is 13.6 Å². The lowest BCUT2D eigenvalue weighted by Gasteiger charge is -2.24. The number of rotatable bonds is 3. The molecule has 122 valence electrons. The molecule has 2 aromatic rings. The molecule has 0 aliphatic carbocycles. The number of nitrogens with one attached hydrogen (secondary N) is 2. The lowest BCUT2D eigenvalue weighted by atomic mass is 9.86. The Labute approximate surface area is 139 Å². The number of halogens is 2. The Balaban J connectivity index is 2.11. The number of hydrogen-bond donors (Lipinski definition) is 2. The molecule has 5 nitrogen and oxygen atoms in total. The minimum atomic E-state index is -0.836. The van der Waals surface area contributed by atoms with E-state index in [4.69, 9.17) is 6.42 Å². The second-order valence-corrected chi connectivity index (χ2v) is 6.06. The van der Waals surface area contributed by atoms with Crippen LogP contribution in [0.25, 0.3) is 0 Å². The molecule has 0 spiro atoms. The van der Waals surface area contributed by atoms with Crippen LogP contribution in [-0.4, -0.2) is 21.6 Å². The topological polar surface area (TPSA) is 74.8 Å². The summed E-state index contributed by atoms with van der Waals surface area (Å²) in [5.74, 6) is -0.0122. The molecule has 0 saturated heterocycles. The summed E-state index contributed by atoms with van der Waals surface area (Å²) < 4.78 is 27.2. The van der Waals surface area contributed by atoms with Crippen molar-refractivity contribution in [2.75, 3.05) is 11.1 Å². The molecule has 0 radical (unpaired) electrons. The number of aromatic amines is 1. The number of fused-ring (bicyclic) bond motifs is 1. The minimum absolute atomic E-state index is 0.0725. The van der Waals surface area contributed by atoms with Gasteiger partial charge in [-0.15, -0.1) is 6.42 Å². The quantitative estimate of drug-likeness (QED) is 0.507. The van der Waals surface area contributed by atoms with Gasteiger partial charge >= 0.3 is 0 Å². The van der Waals surface area contributed by atoms with Gasteiger partial charge in [0.2, 0.25) is 5.91 Å². The van der Waals surface area contributed by atoms with E-state index in [0.29, 0.717) is 5.75 Å². The van der Waals surface area contributed by atoms with Crippen molar-refractivity contribution in [1.82, 2.24) is 9.97 Å². The summed E-state index contributed by atoms with van der Waals surface area (Å²) in [4.78, 5) is 31.1. The molecule has 3 rings (SSSR count). The molecule has 1 aliphatic heterocycles. The zero-order valence-electron chi connectivity index (χ0n) is 12.2. The van der Waals surface area contributed by atoms with E-state index in [1.807, 2.05) is 0 Å². The van der Waals surface area contributed by atoms with Gasteiger partial charge in [-0.25, -0.2) is 13.8 Å². The number of terminal acetylenes is 1. The SMILES string of the molecule is C#CCSc1nc2c(c(=O)[nH]1)[C@H](c1ccc(F)cc1F)CC(=O)N2. The maximum atomic E-state index is 14.1. The van der Waals surface area contributed by atoms with E-state index in [2.05, 4.69) is 21.2 Å². The number of thioether (sulfide) groups is 1. The van der Waals surface area contributed by atoms with Crippen molar-refractivity contribution in [1.29, 1.82) is 0 Å². The lowest BCUT2D eigenvalue weighted by molar-refractivity contribution is -0.116. The number of benzene rings is 1. The minimum Gasteiger partial charge on any atom is -0.310 e. The number of carbonyl (C=O) groups is 1. The first-order chi connectivity index (χ1) is 11.5. The highest BCUT2D eigenvalue weighted by Gasteiger charge is 2.32. The first-order valence-corrected chi connectivity index (χ1v) is 7.93. The van der Waals surface area contributed by atoms with Crippen LogP contribution in [0.5, 0.6) is 0 Å². The average Bonchev–Trinajstić information content (AvgIpc) is 2.51. The maximum Gasteiger partial charge on any atom is 0.257 e. The Morgan fingerprint density at radius 3 is 2.88 bits per heavy atom. The summed E-state index contributed by atoms with van der Waals surface area (Å²) in [7, 11) is 0. The van der Waals surface area contributed by atoms with Crippen LogP contribution in [0.1, 0.15) is 23.5 Å². The molecule has 1 aromatic heterocycles. The third-order valence-corrected chi connectivity index (χ3v) is 4.34. The maximum absolute atomic E-state index is 14.1. The van der Waals surface area contributed by atoms with Crippen molar-refractivity contribution in [2.45, 2.75) is 17.5 Å². The molecular weight excluding hydrogens is 336 g/mol. The van der Waals surface area contributed by atoms with Gasteiger partial charge in [0, 0.05) is 18.4 Å². The molecule has 8 heteroatoms. The normalized spacial score (nSPS) is 16.2. The fourth-order valence-corrected chi connectivity index (χ4v) is 3.12. The Bertz CT molecular complexity index is 921. The predicted molar refractivity (Wildman–Crippen MR) is 85.9 cm³/mol. The van der Waals surface area contributed by atoms with E-state index in [-0.39, 0.29) is 28.5 Å². The van der Waals surface area contributed by atoms with E-state index in [9.17, 15) is 18.4 Å². The van der Waals surface area contributed by atoms with Crippen LogP contribution in [0.3, 0.4) is 0 Å². The molecule has 0 fully saturated rings. The van der Waals surface area contributed by atoms with Gasteiger partial charge < -0.3 is 10.3 Å². The van der Waals surface area contributed by atoms with Gasteiger partial charge in [0.15, 0.2) is 5.16 Å². The number of carbonyl (C=O) groups excluding carboxylic acids is 1. The molecule has 0 saturated carbocycles. The number of H-pyrrole nitrogens is 1. The van der Waals surface area contributed by atoms with Crippen LogP contribution in [0.2, 0.25) is 0 Å². The molecule has 24 heavy (non-hydrogen) atoms. The van der Waals surface area contributed by atoms with Crippen LogP contribution in [0.4, 0.5) is 14.6 Å². The fraction of sp³-hybridized carbons (Fsp3) is 0.188. The number of hydrogen-bond acceptors (Lipinski definition) is 4. The average molecular weight is 347 g/mol. The van der Waals surface area contributed by atoms with Gasteiger partial charge in [0.25, 0.3) is 5.56 Å². The van der Waals surface area contributed by atoms with Gasteiger partial charge in [-0.3, -0.25) is 9.59 Å². The van der Waals surface area contributed by atoms with Gasteiger partial charge in [0.1, 0.15) is 17.5 Å². The summed E-state index contributed by atoms with van der Waals surface area (Å²) in [5.41, 5.74) is -0.276. The first kappa shape index (κ1) is 16.2. The predicted octanol–water partition coefficient (Wildman–Crippen LogP) is 2.25. The molecule has 1 amide bonds. The molecule has 0 bridgehead atoms. The van der Waals surface area contributed by atoms with Gasteiger partial charge in [-0.2, -0.15) is 0 Å². The summed E-state index contributed by atoms with van der Waals surface area (Å²) in [5, 5.41) is 2.78. The highest BCUT2D eigenvalue weighted by atomic mass is 32.2. The number of anilines is 1. The molecule has 1 aliphatic rings.